The van der Waals surface area contributed by atoms with Gasteiger partial charge in [-0.05, 0) is 30.4 Å². The molecule has 1 aromatic heterocycles. The first-order valence-electron chi connectivity index (χ1n) is 5.46. The van der Waals surface area contributed by atoms with Crippen molar-refractivity contribution in [2.45, 2.75) is 31.4 Å². The van der Waals surface area contributed by atoms with E-state index in [1.54, 1.807) is 0 Å². The van der Waals surface area contributed by atoms with Gasteiger partial charge in [0.25, 0.3) is 0 Å². The summed E-state index contributed by atoms with van der Waals surface area (Å²) in [5.74, 6) is 0. The molecule has 0 amide bonds. The molecular formula is C10H17N3O2S2. The maximum absolute atomic E-state index is 10.5. The fourth-order valence-corrected chi connectivity index (χ4v) is 2.95. The van der Waals surface area contributed by atoms with Crippen LogP contribution in [0, 0.1) is 10.1 Å². The third kappa shape index (κ3) is 3.57. The Kier molecular flexibility index (Phi) is 5.20. The summed E-state index contributed by atoms with van der Waals surface area (Å²) in [6.07, 6.45) is 5.51. The minimum atomic E-state index is -0.412. The van der Waals surface area contributed by atoms with Crippen LogP contribution >= 0.6 is 23.1 Å². The van der Waals surface area contributed by atoms with Crippen molar-refractivity contribution in [2.75, 3.05) is 18.1 Å². The van der Waals surface area contributed by atoms with E-state index in [1.807, 2.05) is 11.8 Å². The second-order valence-electron chi connectivity index (χ2n) is 3.71. The van der Waals surface area contributed by atoms with Crippen LogP contribution in [0.25, 0.3) is 0 Å². The van der Waals surface area contributed by atoms with Crippen LogP contribution in [0.2, 0.25) is 0 Å². The third-order valence-electron chi connectivity index (χ3n) is 2.96. The Bertz CT molecular complexity index is 369. The van der Waals surface area contributed by atoms with Gasteiger partial charge < -0.3 is 5.32 Å². The largest absolute Gasteiger partial charge is 0.360 e. The van der Waals surface area contributed by atoms with Crippen LogP contribution in [-0.4, -0.2) is 27.5 Å². The minimum absolute atomic E-state index is 0.0789. The average Bonchev–Trinajstić information content (AvgIpc) is 2.81. The lowest BCUT2D eigenvalue weighted by Gasteiger charge is -2.29. The number of aromatic nitrogens is 1. The average molecular weight is 275 g/mol. The number of rotatable bonds is 7. The van der Waals surface area contributed by atoms with Gasteiger partial charge in [0, 0.05) is 11.3 Å². The predicted molar refractivity (Wildman–Crippen MR) is 74.1 cm³/mol. The van der Waals surface area contributed by atoms with Crippen LogP contribution < -0.4 is 5.32 Å². The van der Waals surface area contributed by atoms with Gasteiger partial charge in [0.15, 0.2) is 5.13 Å². The summed E-state index contributed by atoms with van der Waals surface area (Å²) < 4.78 is 0.181. The first-order valence-corrected chi connectivity index (χ1v) is 7.50. The van der Waals surface area contributed by atoms with E-state index in [0.29, 0.717) is 5.13 Å². The first kappa shape index (κ1) is 14.2. The SMILES string of the molecule is CCC(CC)(CNc1ncc([N+](=O)[O-])s1)SC. The Morgan fingerprint density at radius 2 is 2.24 bits per heavy atom. The minimum Gasteiger partial charge on any atom is -0.360 e. The topological polar surface area (TPSA) is 68.1 Å². The fraction of sp³-hybridized carbons (Fsp3) is 0.700. The van der Waals surface area contributed by atoms with Crippen molar-refractivity contribution in [3.05, 3.63) is 16.3 Å². The highest BCUT2D eigenvalue weighted by Crippen LogP contribution is 2.32. The van der Waals surface area contributed by atoms with Gasteiger partial charge in [-0.25, -0.2) is 4.98 Å². The van der Waals surface area contributed by atoms with E-state index in [-0.39, 0.29) is 9.75 Å². The zero-order valence-electron chi connectivity index (χ0n) is 10.2. The van der Waals surface area contributed by atoms with Gasteiger partial charge in [-0.2, -0.15) is 11.8 Å². The number of nitrogens with one attached hydrogen (secondary N) is 1. The highest BCUT2D eigenvalue weighted by molar-refractivity contribution is 8.00. The number of nitrogens with zero attached hydrogens (tertiary/aromatic N) is 2. The molecule has 0 radical (unpaired) electrons. The molecule has 1 N–H and O–H groups in total. The molecule has 1 rings (SSSR count). The highest BCUT2D eigenvalue weighted by atomic mass is 32.2. The predicted octanol–water partition coefficient (Wildman–Crippen LogP) is 3.39. The number of hydrogen-bond acceptors (Lipinski definition) is 6. The zero-order chi connectivity index (χ0) is 12.9. The molecule has 7 heteroatoms. The van der Waals surface area contributed by atoms with E-state index >= 15 is 0 Å². The molecule has 0 unspecified atom stereocenters. The van der Waals surface area contributed by atoms with Crippen molar-refractivity contribution in [3.63, 3.8) is 0 Å². The van der Waals surface area contributed by atoms with E-state index in [9.17, 15) is 10.1 Å². The Morgan fingerprint density at radius 1 is 1.59 bits per heavy atom. The summed E-state index contributed by atoms with van der Waals surface area (Å²) >= 11 is 2.91. The van der Waals surface area contributed by atoms with E-state index in [0.717, 1.165) is 30.7 Å². The van der Waals surface area contributed by atoms with Gasteiger partial charge in [0.2, 0.25) is 0 Å². The van der Waals surface area contributed by atoms with Crippen LogP contribution in [0.15, 0.2) is 6.20 Å². The molecule has 0 aliphatic rings. The molecule has 1 heterocycles. The summed E-state index contributed by atoms with van der Waals surface area (Å²) in [5, 5.41) is 14.4. The van der Waals surface area contributed by atoms with Crippen molar-refractivity contribution in [2.24, 2.45) is 0 Å². The Balaban J connectivity index is 2.62. The number of nitro groups is 1. The second-order valence-corrected chi connectivity index (χ2v) is 5.99. The molecule has 0 fully saturated rings. The Morgan fingerprint density at radius 3 is 2.65 bits per heavy atom. The molecule has 0 spiro atoms. The van der Waals surface area contributed by atoms with Crippen LogP contribution in [0.4, 0.5) is 10.1 Å². The lowest BCUT2D eigenvalue weighted by Crippen LogP contribution is -2.31. The number of hydrogen-bond donors (Lipinski definition) is 1. The third-order valence-corrected chi connectivity index (χ3v) is 5.45. The molecule has 0 saturated carbocycles. The first-order chi connectivity index (χ1) is 8.06. The van der Waals surface area contributed by atoms with Gasteiger partial charge in [-0.15, -0.1) is 0 Å². The van der Waals surface area contributed by atoms with E-state index < -0.39 is 4.92 Å². The van der Waals surface area contributed by atoms with Crippen LogP contribution in [0.5, 0.6) is 0 Å². The summed E-state index contributed by atoms with van der Waals surface area (Å²) in [6, 6.07) is 0. The smallest absolute Gasteiger partial charge is 0.345 e. The van der Waals surface area contributed by atoms with Crippen LogP contribution in [0.1, 0.15) is 26.7 Å². The van der Waals surface area contributed by atoms with E-state index in [4.69, 9.17) is 0 Å². The van der Waals surface area contributed by atoms with Crippen LogP contribution in [-0.2, 0) is 0 Å². The molecule has 0 aliphatic heterocycles. The second kappa shape index (κ2) is 6.20. The van der Waals surface area contributed by atoms with Gasteiger partial charge in [0.1, 0.15) is 6.20 Å². The molecule has 0 bridgehead atoms. The van der Waals surface area contributed by atoms with Crippen molar-refractivity contribution in [1.82, 2.24) is 4.98 Å². The molecule has 17 heavy (non-hydrogen) atoms. The molecule has 0 aromatic carbocycles. The number of thioether (sulfide) groups is 1. The summed E-state index contributed by atoms with van der Waals surface area (Å²) in [6.45, 7) is 5.10. The quantitative estimate of drug-likeness (QED) is 0.610. The van der Waals surface area contributed by atoms with Crippen molar-refractivity contribution in [1.29, 1.82) is 0 Å². The van der Waals surface area contributed by atoms with E-state index in [1.165, 1.54) is 6.20 Å². The van der Waals surface area contributed by atoms with Gasteiger partial charge in [-0.3, -0.25) is 10.1 Å². The number of thiazole rings is 1. The maximum Gasteiger partial charge on any atom is 0.345 e. The maximum atomic E-state index is 10.5. The van der Waals surface area contributed by atoms with E-state index in [2.05, 4.69) is 30.4 Å². The fourth-order valence-electron chi connectivity index (χ4n) is 1.53. The highest BCUT2D eigenvalue weighted by Gasteiger charge is 2.25. The normalized spacial score (nSPS) is 11.5. The molecule has 1 aromatic rings. The summed E-state index contributed by atoms with van der Waals surface area (Å²) in [4.78, 5) is 14.1. The van der Waals surface area contributed by atoms with Gasteiger partial charge in [0.05, 0.1) is 4.92 Å². The van der Waals surface area contributed by atoms with Crippen molar-refractivity contribution in [3.8, 4) is 0 Å². The molecule has 0 saturated heterocycles. The molecular weight excluding hydrogens is 258 g/mol. The lowest BCUT2D eigenvalue weighted by molar-refractivity contribution is -0.380. The van der Waals surface area contributed by atoms with Crippen molar-refractivity contribution >= 4 is 33.2 Å². The molecule has 5 nitrogen and oxygen atoms in total. The lowest BCUT2D eigenvalue weighted by atomic mass is 10.0. The number of anilines is 1. The zero-order valence-corrected chi connectivity index (χ0v) is 11.9. The van der Waals surface area contributed by atoms with Crippen molar-refractivity contribution < 1.29 is 4.92 Å². The van der Waals surface area contributed by atoms with Gasteiger partial charge in [-0.1, -0.05) is 13.8 Å². The monoisotopic (exact) mass is 275 g/mol. The molecule has 0 atom stereocenters. The van der Waals surface area contributed by atoms with Gasteiger partial charge >= 0.3 is 5.00 Å². The molecule has 96 valence electrons. The standard InChI is InChI=1S/C10H17N3O2S2/c1-4-10(5-2,16-3)7-12-9-11-6-8(17-9)13(14)15/h6H,4-5,7H2,1-3H3,(H,11,12). The molecule has 0 aliphatic carbocycles. The van der Waals surface area contributed by atoms with Crippen LogP contribution in [0.3, 0.4) is 0 Å². The Hall–Kier alpha value is -0.820. The Labute approximate surface area is 109 Å². The summed E-state index contributed by atoms with van der Waals surface area (Å²) in [5.41, 5.74) is 0. The summed E-state index contributed by atoms with van der Waals surface area (Å²) in [7, 11) is 0.